The van der Waals surface area contributed by atoms with E-state index in [4.69, 9.17) is 5.73 Å². The number of hydrogen-bond acceptors (Lipinski definition) is 3. The molecule has 1 aliphatic rings. The van der Waals surface area contributed by atoms with E-state index in [1.807, 2.05) is 11.8 Å². The van der Waals surface area contributed by atoms with Crippen molar-refractivity contribution in [1.29, 1.82) is 0 Å². The molecule has 2 N–H and O–H groups in total. The number of thioether (sulfide) groups is 1. The van der Waals surface area contributed by atoms with Crippen LogP contribution in [0, 0.1) is 0 Å². The van der Waals surface area contributed by atoms with Crippen LogP contribution >= 0.6 is 11.8 Å². The Balaban J connectivity index is 2.28. The molecule has 0 fully saturated rings. The zero-order valence-corrected chi connectivity index (χ0v) is 10.1. The van der Waals surface area contributed by atoms with Gasteiger partial charge >= 0.3 is 0 Å². The van der Waals surface area contributed by atoms with Gasteiger partial charge in [-0.15, -0.1) is 11.8 Å². The van der Waals surface area contributed by atoms with Crippen LogP contribution in [0.15, 0.2) is 29.2 Å². The Morgan fingerprint density at radius 1 is 1.40 bits per heavy atom. The Bertz CT molecular complexity index is 340. The molecule has 0 saturated heterocycles. The van der Waals surface area contributed by atoms with Crippen LogP contribution in [0.1, 0.15) is 13.3 Å². The van der Waals surface area contributed by atoms with Gasteiger partial charge in [0.1, 0.15) is 0 Å². The van der Waals surface area contributed by atoms with Crippen LogP contribution in [0.2, 0.25) is 0 Å². The Labute approximate surface area is 95.8 Å². The molecule has 82 valence electrons. The van der Waals surface area contributed by atoms with Gasteiger partial charge in [-0.05, 0) is 32.0 Å². The normalized spacial score (nSPS) is 25.1. The highest BCUT2D eigenvalue weighted by molar-refractivity contribution is 8.00. The number of rotatable bonds is 2. The molecule has 2 unspecified atom stereocenters. The maximum Gasteiger partial charge on any atom is 0.0504 e. The van der Waals surface area contributed by atoms with Crippen molar-refractivity contribution in [2.75, 3.05) is 18.5 Å². The molecule has 1 heterocycles. The fourth-order valence-electron chi connectivity index (χ4n) is 2.04. The summed E-state index contributed by atoms with van der Waals surface area (Å²) in [5, 5.41) is 0.620. The summed E-state index contributed by atoms with van der Waals surface area (Å²) in [4.78, 5) is 3.75. The van der Waals surface area contributed by atoms with Gasteiger partial charge in [-0.3, -0.25) is 0 Å². The number of anilines is 1. The molecule has 0 spiro atoms. The zero-order chi connectivity index (χ0) is 10.8. The maximum absolute atomic E-state index is 5.66. The molecule has 0 aliphatic carbocycles. The summed E-state index contributed by atoms with van der Waals surface area (Å²) < 4.78 is 0. The minimum absolute atomic E-state index is 0.563. The van der Waals surface area contributed by atoms with Gasteiger partial charge in [0.25, 0.3) is 0 Å². The smallest absolute Gasteiger partial charge is 0.0504 e. The van der Waals surface area contributed by atoms with Gasteiger partial charge in [-0.25, -0.2) is 0 Å². The summed E-state index contributed by atoms with van der Waals surface area (Å²) in [5.74, 6) is 0. The molecular formula is C12H18N2S. The number of fused-ring (bicyclic) bond motifs is 1. The summed E-state index contributed by atoms with van der Waals surface area (Å²) >= 11 is 1.97. The lowest BCUT2D eigenvalue weighted by molar-refractivity contribution is 0.604. The first-order chi connectivity index (χ1) is 7.24. The fourth-order valence-corrected chi connectivity index (χ4v) is 3.49. The van der Waals surface area contributed by atoms with Crippen molar-refractivity contribution in [3.05, 3.63) is 24.3 Å². The number of para-hydroxylation sites is 1. The number of nitrogens with two attached hydrogens (primary N) is 1. The van der Waals surface area contributed by atoms with E-state index in [9.17, 15) is 0 Å². The van der Waals surface area contributed by atoms with Crippen molar-refractivity contribution in [1.82, 2.24) is 0 Å². The Morgan fingerprint density at radius 2 is 2.13 bits per heavy atom. The van der Waals surface area contributed by atoms with E-state index in [-0.39, 0.29) is 0 Å². The number of benzene rings is 1. The van der Waals surface area contributed by atoms with Gasteiger partial charge in [-0.1, -0.05) is 12.1 Å². The molecule has 0 amide bonds. The summed E-state index contributed by atoms with van der Waals surface area (Å²) in [6.07, 6.45) is 1.09. The predicted molar refractivity (Wildman–Crippen MR) is 67.6 cm³/mol. The van der Waals surface area contributed by atoms with E-state index in [2.05, 4.69) is 43.1 Å². The highest BCUT2D eigenvalue weighted by Gasteiger charge is 2.28. The second-order valence-electron chi connectivity index (χ2n) is 4.05. The molecule has 1 aromatic carbocycles. The van der Waals surface area contributed by atoms with Crippen molar-refractivity contribution in [3.8, 4) is 0 Å². The lowest BCUT2D eigenvalue weighted by atomic mass is 10.1. The molecule has 3 heteroatoms. The second-order valence-corrected chi connectivity index (χ2v) is 5.33. The average Bonchev–Trinajstić information content (AvgIpc) is 2.26. The fraction of sp³-hybridized carbons (Fsp3) is 0.500. The third-order valence-corrected chi connectivity index (χ3v) is 4.66. The highest BCUT2D eigenvalue weighted by Crippen LogP contribution is 2.41. The lowest BCUT2D eigenvalue weighted by Crippen LogP contribution is -2.41. The van der Waals surface area contributed by atoms with Crippen molar-refractivity contribution in [3.63, 3.8) is 0 Å². The van der Waals surface area contributed by atoms with E-state index in [0.29, 0.717) is 11.3 Å². The van der Waals surface area contributed by atoms with Gasteiger partial charge in [0.2, 0.25) is 0 Å². The molecule has 0 saturated carbocycles. The van der Waals surface area contributed by atoms with Gasteiger partial charge < -0.3 is 10.6 Å². The van der Waals surface area contributed by atoms with Crippen LogP contribution in [-0.4, -0.2) is 24.9 Å². The highest BCUT2D eigenvalue weighted by atomic mass is 32.2. The Kier molecular flexibility index (Phi) is 3.22. The standard InChI is InChI=1S/C12H18N2S/c1-9-11(7-8-13)15-12-6-4-3-5-10(12)14(9)2/h3-6,9,11H,7-8,13H2,1-2H3. The molecule has 15 heavy (non-hydrogen) atoms. The minimum Gasteiger partial charge on any atom is -0.370 e. The molecule has 0 bridgehead atoms. The summed E-state index contributed by atoms with van der Waals surface area (Å²) in [7, 11) is 2.17. The van der Waals surface area contributed by atoms with Gasteiger partial charge in [0, 0.05) is 23.2 Å². The third kappa shape index (κ3) is 1.99. The lowest BCUT2D eigenvalue weighted by Gasteiger charge is -2.39. The monoisotopic (exact) mass is 222 g/mol. The largest absolute Gasteiger partial charge is 0.370 e. The van der Waals surface area contributed by atoms with Gasteiger partial charge in [0.15, 0.2) is 0 Å². The van der Waals surface area contributed by atoms with Crippen LogP contribution in [0.5, 0.6) is 0 Å². The molecule has 1 aromatic rings. The molecule has 0 aromatic heterocycles. The first-order valence-electron chi connectivity index (χ1n) is 5.42. The van der Waals surface area contributed by atoms with E-state index < -0.39 is 0 Å². The number of hydrogen-bond donors (Lipinski definition) is 1. The summed E-state index contributed by atoms with van der Waals surface area (Å²) in [5.41, 5.74) is 7.01. The van der Waals surface area contributed by atoms with Gasteiger partial charge in [0.05, 0.1) is 5.69 Å². The van der Waals surface area contributed by atoms with Crippen LogP contribution in [0.3, 0.4) is 0 Å². The predicted octanol–water partition coefficient (Wildman–Crippen LogP) is 2.33. The first-order valence-corrected chi connectivity index (χ1v) is 6.30. The van der Waals surface area contributed by atoms with E-state index in [1.54, 1.807) is 0 Å². The number of nitrogens with zero attached hydrogens (tertiary/aromatic N) is 1. The van der Waals surface area contributed by atoms with E-state index in [1.165, 1.54) is 10.6 Å². The van der Waals surface area contributed by atoms with Gasteiger partial charge in [-0.2, -0.15) is 0 Å². The quantitative estimate of drug-likeness (QED) is 0.833. The topological polar surface area (TPSA) is 29.3 Å². The van der Waals surface area contributed by atoms with E-state index >= 15 is 0 Å². The molecule has 2 atom stereocenters. The van der Waals surface area contributed by atoms with Crippen molar-refractivity contribution in [2.24, 2.45) is 5.73 Å². The summed E-state index contributed by atoms with van der Waals surface area (Å²) in [6.45, 7) is 3.06. The molecular weight excluding hydrogens is 204 g/mol. The van der Waals surface area contributed by atoms with Crippen LogP contribution in [0.4, 0.5) is 5.69 Å². The molecule has 2 rings (SSSR count). The maximum atomic E-state index is 5.66. The van der Waals surface area contributed by atoms with Crippen LogP contribution < -0.4 is 10.6 Å². The molecule has 0 radical (unpaired) electrons. The SMILES string of the molecule is CC1C(CCN)Sc2ccccc2N1C. The zero-order valence-electron chi connectivity index (χ0n) is 9.31. The minimum atomic E-state index is 0.563. The average molecular weight is 222 g/mol. The van der Waals surface area contributed by atoms with Crippen molar-refractivity contribution in [2.45, 2.75) is 29.5 Å². The Morgan fingerprint density at radius 3 is 2.87 bits per heavy atom. The first kappa shape index (κ1) is 10.8. The molecule has 2 nitrogen and oxygen atoms in total. The van der Waals surface area contributed by atoms with Crippen molar-refractivity contribution >= 4 is 17.4 Å². The summed E-state index contributed by atoms with van der Waals surface area (Å²) in [6, 6.07) is 9.17. The van der Waals surface area contributed by atoms with Crippen LogP contribution in [0.25, 0.3) is 0 Å². The van der Waals surface area contributed by atoms with Crippen LogP contribution in [-0.2, 0) is 0 Å². The second kappa shape index (κ2) is 4.45. The third-order valence-electron chi connectivity index (χ3n) is 3.12. The van der Waals surface area contributed by atoms with E-state index in [0.717, 1.165) is 13.0 Å². The Hall–Kier alpha value is -0.670. The van der Waals surface area contributed by atoms with Crippen molar-refractivity contribution < 1.29 is 0 Å². The molecule has 1 aliphatic heterocycles.